The molecule has 0 aromatic carbocycles. The summed E-state index contributed by atoms with van der Waals surface area (Å²) in [5, 5.41) is 0. The van der Waals surface area contributed by atoms with Crippen molar-refractivity contribution in [2.24, 2.45) is 59.2 Å². The molecule has 0 aromatic heterocycles. The lowest BCUT2D eigenvalue weighted by atomic mass is 9.66. The molecule has 0 aliphatic heterocycles. The minimum Gasteiger partial charge on any atom is -0.373 e. The van der Waals surface area contributed by atoms with Gasteiger partial charge in [-0.1, -0.05) is 51.7 Å². The zero-order chi connectivity index (χ0) is 28.0. The summed E-state index contributed by atoms with van der Waals surface area (Å²) in [4.78, 5) is 0. The first-order valence-corrected chi connectivity index (χ1v) is 19.0. The van der Waals surface area contributed by atoms with E-state index in [0.717, 1.165) is 72.4 Å². The van der Waals surface area contributed by atoms with Crippen LogP contribution < -0.4 is 0 Å². The minimum absolute atomic E-state index is 0.893. The molecule has 6 aliphatic rings. The highest BCUT2D eigenvalue weighted by molar-refractivity contribution is 5.10. The smallest absolute Gasteiger partial charge is 0.0681 e. The van der Waals surface area contributed by atoms with Gasteiger partial charge in [-0.05, 0) is 186 Å². The highest BCUT2D eigenvalue weighted by Gasteiger charge is 2.34. The lowest BCUT2D eigenvalue weighted by molar-refractivity contribution is 0.120. The van der Waals surface area contributed by atoms with Crippen LogP contribution in [0.2, 0.25) is 0 Å². The molecule has 0 saturated heterocycles. The fraction of sp³-hybridized carbons (Fsp3) is 0.900. The van der Waals surface area contributed by atoms with Crippen LogP contribution in [0.5, 0.6) is 0 Å². The Bertz CT molecular complexity index is 766. The summed E-state index contributed by atoms with van der Waals surface area (Å²) in [5.41, 5.74) is 3.20. The maximum atomic E-state index is 6.31. The third-order valence-corrected chi connectivity index (χ3v) is 14.1. The zero-order valence-electron chi connectivity index (χ0n) is 27.3. The number of ether oxygens (including phenoxy) is 1. The zero-order valence-corrected chi connectivity index (χ0v) is 27.3. The number of hydrogen-bond acceptors (Lipinski definition) is 1. The van der Waals surface area contributed by atoms with Crippen molar-refractivity contribution in [1.29, 1.82) is 0 Å². The quantitative estimate of drug-likeness (QED) is 0.267. The molecule has 4 fully saturated rings. The summed E-state index contributed by atoms with van der Waals surface area (Å²) in [6.07, 6.45) is 37.7. The van der Waals surface area contributed by atoms with Crippen LogP contribution in [0.3, 0.4) is 0 Å². The number of rotatable bonds is 8. The summed E-state index contributed by atoms with van der Waals surface area (Å²) in [6, 6.07) is 0. The van der Waals surface area contributed by atoms with E-state index < -0.39 is 0 Å². The molecule has 232 valence electrons. The number of allylic oxidation sites excluding steroid dienone is 2. The highest BCUT2D eigenvalue weighted by Crippen LogP contribution is 2.46. The molecule has 0 radical (unpaired) electrons. The van der Waals surface area contributed by atoms with E-state index in [9.17, 15) is 0 Å². The van der Waals surface area contributed by atoms with E-state index in [1.165, 1.54) is 141 Å². The van der Waals surface area contributed by atoms with Crippen molar-refractivity contribution in [1.82, 2.24) is 0 Å². The molecule has 0 spiro atoms. The maximum absolute atomic E-state index is 6.31. The van der Waals surface area contributed by atoms with Crippen LogP contribution in [0.15, 0.2) is 23.3 Å². The Morgan fingerprint density at radius 2 is 0.707 bits per heavy atom. The van der Waals surface area contributed by atoms with Crippen LogP contribution in [0.25, 0.3) is 0 Å². The Kier molecular flexibility index (Phi) is 11.1. The Balaban J connectivity index is 0.843. The van der Waals surface area contributed by atoms with Gasteiger partial charge in [0.25, 0.3) is 0 Å². The van der Waals surface area contributed by atoms with Crippen molar-refractivity contribution < 1.29 is 4.74 Å². The molecular weight excluding hydrogens is 496 g/mol. The third kappa shape index (κ3) is 8.34. The van der Waals surface area contributed by atoms with Gasteiger partial charge in [0.15, 0.2) is 0 Å². The Labute approximate surface area is 255 Å². The van der Waals surface area contributed by atoms with Crippen LogP contribution >= 0.6 is 0 Å². The van der Waals surface area contributed by atoms with Crippen LogP contribution in [0, 0.1) is 59.2 Å². The number of hydrogen-bond donors (Lipinski definition) is 0. The molecule has 2 atom stereocenters. The van der Waals surface area contributed by atoms with E-state index >= 15 is 0 Å². The van der Waals surface area contributed by atoms with Gasteiger partial charge in [-0.2, -0.15) is 0 Å². The average molecular weight is 563 g/mol. The standard InChI is InChI=1S/C40H66O/c1-29-3-11-33(12-4-29)37-19-23-39(24-20-37)35-15-7-31(8-16-35)27-41-28-32-9-17-36(18-10-32)40-25-21-38(22-26-40)34-13-5-30(2)6-14-34/h7,9,29-30,33-40H,3-6,8,10-28H2,1-2H3. The fourth-order valence-corrected chi connectivity index (χ4v) is 10.9. The molecule has 0 aromatic rings. The van der Waals surface area contributed by atoms with Crippen LogP contribution in [-0.2, 0) is 4.74 Å². The van der Waals surface area contributed by atoms with E-state index in [0.29, 0.717) is 0 Å². The average Bonchev–Trinajstić information content (AvgIpc) is 3.03. The molecule has 6 rings (SSSR count). The van der Waals surface area contributed by atoms with Gasteiger partial charge in [0.1, 0.15) is 0 Å². The largest absolute Gasteiger partial charge is 0.373 e. The lowest BCUT2D eigenvalue weighted by Crippen LogP contribution is -2.28. The van der Waals surface area contributed by atoms with Gasteiger partial charge >= 0.3 is 0 Å². The molecule has 1 heteroatoms. The SMILES string of the molecule is CC1CCC(C2CCC(C3CC=C(COCC4=CCC(C5CCC(C6CCC(C)CC6)CC5)CC4)CC3)CC2)CC1. The van der Waals surface area contributed by atoms with Gasteiger partial charge in [0.2, 0.25) is 0 Å². The van der Waals surface area contributed by atoms with Gasteiger partial charge in [0.05, 0.1) is 13.2 Å². The van der Waals surface area contributed by atoms with E-state index in [1.54, 1.807) is 11.1 Å². The third-order valence-electron chi connectivity index (χ3n) is 14.1. The molecule has 41 heavy (non-hydrogen) atoms. The van der Waals surface area contributed by atoms with Crippen molar-refractivity contribution in [3.63, 3.8) is 0 Å². The molecule has 1 nitrogen and oxygen atoms in total. The lowest BCUT2D eigenvalue weighted by Gasteiger charge is -2.40. The van der Waals surface area contributed by atoms with E-state index in [2.05, 4.69) is 26.0 Å². The summed E-state index contributed by atoms with van der Waals surface area (Å²) in [5.74, 6) is 10.2. The highest BCUT2D eigenvalue weighted by atomic mass is 16.5. The molecule has 2 unspecified atom stereocenters. The molecular formula is C40H66O. The second-order valence-corrected chi connectivity index (χ2v) is 16.7. The fourth-order valence-electron chi connectivity index (χ4n) is 10.9. The predicted octanol–water partition coefficient (Wildman–Crippen LogP) is 11.7. The van der Waals surface area contributed by atoms with Gasteiger partial charge in [-0.25, -0.2) is 0 Å². The van der Waals surface area contributed by atoms with Gasteiger partial charge < -0.3 is 4.74 Å². The first-order chi connectivity index (χ1) is 20.1. The summed E-state index contributed by atoms with van der Waals surface area (Å²) in [6.45, 7) is 6.72. The second-order valence-electron chi connectivity index (χ2n) is 16.7. The van der Waals surface area contributed by atoms with Gasteiger partial charge in [-0.15, -0.1) is 0 Å². The molecule has 0 amide bonds. The van der Waals surface area contributed by atoms with Crippen molar-refractivity contribution in [2.45, 2.75) is 155 Å². The molecule has 0 N–H and O–H groups in total. The maximum Gasteiger partial charge on any atom is 0.0681 e. The van der Waals surface area contributed by atoms with Crippen LogP contribution in [0.1, 0.15) is 155 Å². The van der Waals surface area contributed by atoms with Gasteiger partial charge in [0, 0.05) is 0 Å². The Hall–Kier alpha value is -0.560. The first kappa shape index (κ1) is 30.5. The second kappa shape index (κ2) is 14.9. The van der Waals surface area contributed by atoms with Crippen molar-refractivity contribution >= 4 is 0 Å². The molecule has 6 aliphatic carbocycles. The molecule has 0 heterocycles. The van der Waals surface area contributed by atoms with Gasteiger partial charge in [-0.3, -0.25) is 0 Å². The van der Waals surface area contributed by atoms with Crippen LogP contribution in [-0.4, -0.2) is 13.2 Å². The monoisotopic (exact) mass is 563 g/mol. The Morgan fingerprint density at radius 1 is 0.415 bits per heavy atom. The van der Waals surface area contributed by atoms with Crippen molar-refractivity contribution in [3.8, 4) is 0 Å². The normalized spacial score (nSPS) is 42.8. The van der Waals surface area contributed by atoms with E-state index in [1.807, 2.05) is 0 Å². The van der Waals surface area contributed by atoms with E-state index in [4.69, 9.17) is 4.74 Å². The minimum atomic E-state index is 0.893. The van der Waals surface area contributed by atoms with Crippen molar-refractivity contribution in [2.75, 3.05) is 13.2 Å². The topological polar surface area (TPSA) is 9.23 Å². The molecule has 4 saturated carbocycles. The summed E-state index contributed by atoms with van der Waals surface area (Å²) >= 11 is 0. The van der Waals surface area contributed by atoms with Crippen molar-refractivity contribution in [3.05, 3.63) is 23.3 Å². The first-order valence-electron chi connectivity index (χ1n) is 19.0. The Morgan fingerprint density at radius 3 is 1.00 bits per heavy atom. The van der Waals surface area contributed by atoms with E-state index in [-0.39, 0.29) is 0 Å². The predicted molar refractivity (Wildman–Crippen MR) is 175 cm³/mol. The summed E-state index contributed by atoms with van der Waals surface area (Å²) in [7, 11) is 0. The summed E-state index contributed by atoms with van der Waals surface area (Å²) < 4.78 is 6.31. The van der Waals surface area contributed by atoms with Crippen LogP contribution in [0.4, 0.5) is 0 Å². The molecule has 0 bridgehead atoms.